The Kier molecular flexibility index (Phi) is 7.53. The molecule has 0 bridgehead atoms. The predicted octanol–water partition coefficient (Wildman–Crippen LogP) is 6.07. The summed E-state index contributed by atoms with van der Waals surface area (Å²) >= 11 is 0.312. The SMILES string of the molecule is C.C[C@@H]1CC2C3C[C@H](F)C4=CC(=O)C=C[C@]4(C)[C@@]3(F)[C@@H](O)C[C@]2(C)[C@@]1(OC(=O)c1ccco1)C(=O)SC(=O)c1ccco1. The summed E-state index contributed by atoms with van der Waals surface area (Å²) in [6, 6.07) is 5.73. The van der Waals surface area contributed by atoms with Gasteiger partial charge in [0.1, 0.15) is 6.17 Å². The fraction of sp³-hybridized carbons (Fsp3) is 0.500. The molecule has 0 aromatic carbocycles. The molecule has 0 saturated heterocycles. The molecule has 43 heavy (non-hydrogen) atoms. The van der Waals surface area contributed by atoms with Gasteiger partial charge >= 0.3 is 5.97 Å². The fourth-order valence-electron chi connectivity index (χ4n) is 8.41. The molecule has 4 aliphatic carbocycles. The van der Waals surface area contributed by atoms with Crippen molar-refractivity contribution in [3.05, 3.63) is 72.1 Å². The number of aliphatic hydroxyl groups excluding tert-OH is 1. The lowest BCUT2D eigenvalue weighted by Crippen LogP contribution is -2.70. The normalized spacial score (nSPS) is 39.5. The maximum Gasteiger partial charge on any atom is 0.375 e. The van der Waals surface area contributed by atoms with E-state index < -0.39 is 74.1 Å². The second-order valence-electron chi connectivity index (χ2n) is 12.3. The highest BCUT2D eigenvalue weighted by molar-refractivity contribution is 8.26. The summed E-state index contributed by atoms with van der Waals surface area (Å²) < 4.78 is 49.9. The summed E-state index contributed by atoms with van der Waals surface area (Å²) in [5.41, 5.74) is -7.44. The molecule has 6 rings (SSSR count). The van der Waals surface area contributed by atoms with Crippen LogP contribution in [0.25, 0.3) is 0 Å². The standard InChI is InChI=1S/C31H30F2O8S.CH4/c1-16-12-18-19-14-21(32)20-13-17(34)8-9-28(20,2)30(19,33)24(35)15-29(18,3)31(16,41-25(36)22-6-4-10-39-22)27(38)42-26(37)23-7-5-11-40-23;/h4-11,13,16,18-19,21,24,35H,12,14-15H2,1-3H3;1H4/t16-,18?,19?,21+,24+,28+,29+,30+,31+;/m1./s1. The first-order valence-electron chi connectivity index (χ1n) is 13.8. The molecule has 2 heterocycles. The van der Waals surface area contributed by atoms with Crippen molar-refractivity contribution in [3.8, 4) is 0 Å². The van der Waals surface area contributed by atoms with E-state index in [9.17, 15) is 24.3 Å². The second kappa shape index (κ2) is 10.4. The number of hydrogen-bond acceptors (Lipinski definition) is 9. The fourth-order valence-corrected chi connectivity index (χ4v) is 9.43. The molecule has 9 atom stereocenters. The van der Waals surface area contributed by atoms with Crippen LogP contribution in [0.4, 0.5) is 8.78 Å². The number of halogens is 2. The zero-order chi connectivity index (χ0) is 30.2. The Morgan fingerprint density at radius 2 is 1.72 bits per heavy atom. The average Bonchev–Trinajstić information content (AvgIpc) is 3.70. The number of fused-ring (bicyclic) bond motifs is 5. The van der Waals surface area contributed by atoms with Crippen LogP contribution in [0.3, 0.4) is 0 Å². The zero-order valence-electron chi connectivity index (χ0n) is 23.2. The minimum atomic E-state index is -2.39. The first-order valence-corrected chi connectivity index (χ1v) is 14.6. The van der Waals surface area contributed by atoms with E-state index in [-0.39, 0.29) is 43.8 Å². The molecule has 3 fully saturated rings. The molecular weight excluding hydrogens is 582 g/mol. The van der Waals surface area contributed by atoms with E-state index in [1.165, 1.54) is 55.9 Å². The smallest absolute Gasteiger partial charge is 0.375 e. The van der Waals surface area contributed by atoms with Gasteiger partial charge in [-0.2, -0.15) is 0 Å². The minimum absolute atomic E-state index is 0. The van der Waals surface area contributed by atoms with E-state index in [0.29, 0.717) is 11.8 Å². The monoisotopic (exact) mass is 616 g/mol. The summed E-state index contributed by atoms with van der Waals surface area (Å²) in [5, 5.41) is 10.2. The van der Waals surface area contributed by atoms with Crippen LogP contribution in [0.15, 0.2) is 69.4 Å². The van der Waals surface area contributed by atoms with Crippen LogP contribution >= 0.6 is 11.8 Å². The Balaban J connectivity index is 0.00000368. The van der Waals surface area contributed by atoms with E-state index in [1.54, 1.807) is 13.8 Å². The lowest BCUT2D eigenvalue weighted by atomic mass is 9.44. The summed E-state index contributed by atoms with van der Waals surface area (Å²) in [7, 11) is 0. The highest BCUT2D eigenvalue weighted by atomic mass is 32.2. The molecule has 0 radical (unpaired) electrons. The van der Waals surface area contributed by atoms with Crippen LogP contribution in [0.2, 0.25) is 0 Å². The van der Waals surface area contributed by atoms with E-state index >= 15 is 8.78 Å². The van der Waals surface area contributed by atoms with Crippen LogP contribution in [-0.2, 0) is 14.3 Å². The molecular formula is C32H34F2O8S. The third kappa shape index (κ3) is 4.10. The molecule has 3 saturated carbocycles. The van der Waals surface area contributed by atoms with Crippen LogP contribution in [0, 0.1) is 28.6 Å². The van der Waals surface area contributed by atoms with E-state index in [4.69, 9.17) is 13.6 Å². The number of alkyl halides is 2. The number of ketones is 1. The Morgan fingerprint density at radius 1 is 1.07 bits per heavy atom. The van der Waals surface area contributed by atoms with Crippen molar-refractivity contribution in [2.45, 2.75) is 71.0 Å². The van der Waals surface area contributed by atoms with Gasteiger partial charge in [0.25, 0.3) is 5.12 Å². The van der Waals surface area contributed by atoms with Crippen molar-refractivity contribution in [2.24, 2.45) is 28.6 Å². The Hall–Kier alpha value is -3.31. The summed E-state index contributed by atoms with van der Waals surface area (Å²) in [6.45, 7) is 4.79. The number of allylic oxidation sites excluding steroid dienone is 4. The van der Waals surface area contributed by atoms with Crippen molar-refractivity contribution >= 4 is 33.7 Å². The molecule has 2 unspecified atom stereocenters. The third-order valence-corrected chi connectivity index (χ3v) is 11.2. The first-order chi connectivity index (χ1) is 19.8. The Labute approximate surface area is 251 Å². The lowest BCUT2D eigenvalue weighted by molar-refractivity contribution is -0.221. The number of carbonyl (C=O) groups is 4. The van der Waals surface area contributed by atoms with Crippen molar-refractivity contribution in [1.82, 2.24) is 0 Å². The Bertz CT molecular complexity index is 1520. The van der Waals surface area contributed by atoms with Crippen molar-refractivity contribution in [1.29, 1.82) is 0 Å². The molecule has 1 N–H and O–H groups in total. The van der Waals surface area contributed by atoms with Gasteiger partial charge in [0.05, 0.1) is 18.6 Å². The number of aliphatic hydroxyl groups is 1. The molecule has 8 nitrogen and oxygen atoms in total. The van der Waals surface area contributed by atoms with Crippen molar-refractivity contribution in [3.63, 3.8) is 0 Å². The largest absolute Gasteiger partial charge is 0.460 e. The third-order valence-electron chi connectivity index (χ3n) is 10.4. The van der Waals surface area contributed by atoms with Gasteiger partial charge in [-0.1, -0.05) is 27.4 Å². The summed E-state index contributed by atoms with van der Waals surface area (Å²) in [4.78, 5) is 52.8. The van der Waals surface area contributed by atoms with Gasteiger partial charge in [0.2, 0.25) is 10.9 Å². The van der Waals surface area contributed by atoms with E-state index in [2.05, 4.69) is 0 Å². The molecule has 2 aromatic rings. The minimum Gasteiger partial charge on any atom is -0.460 e. The van der Waals surface area contributed by atoms with Crippen LogP contribution < -0.4 is 0 Å². The van der Waals surface area contributed by atoms with Gasteiger partial charge in [-0.25, -0.2) is 13.6 Å². The molecule has 11 heteroatoms. The van der Waals surface area contributed by atoms with Crippen LogP contribution in [-0.4, -0.2) is 50.6 Å². The van der Waals surface area contributed by atoms with Gasteiger partial charge < -0.3 is 18.7 Å². The number of thioether (sulfide) groups is 1. The number of hydrogen-bond donors (Lipinski definition) is 1. The second-order valence-corrected chi connectivity index (χ2v) is 13.2. The number of ether oxygens (including phenoxy) is 1. The molecule has 0 amide bonds. The van der Waals surface area contributed by atoms with Gasteiger partial charge in [-0.05, 0) is 85.9 Å². The molecule has 0 aliphatic heterocycles. The van der Waals surface area contributed by atoms with Crippen LogP contribution in [0.5, 0.6) is 0 Å². The molecule has 2 aromatic heterocycles. The van der Waals surface area contributed by atoms with Gasteiger partial charge in [-0.15, -0.1) is 0 Å². The Morgan fingerprint density at radius 3 is 2.35 bits per heavy atom. The highest BCUT2D eigenvalue weighted by Crippen LogP contribution is 2.72. The summed E-state index contributed by atoms with van der Waals surface area (Å²) in [6.07, 6.45) is 2.26. The first kappa shape index (κ1) is 31.1. The molecule has 0 spiro atoms. The van der Waals surface area contributed by atoms with Gasteiger partial charge in [-0.3, -0.25) is 14.4 Å². The molecule has 230 valence electrons. The quantitative estimate of drug-likeness (QED) is 0.408. The highest BCUT2D eigenvalue weighted by Gasteiger charge is 2.78. The number of carbonyl (C=O) groups excluding carboxylic acids is 4. The van der Waals surface area contributed by atoms with Gasteiger partial charge in [0.15, 0.2) is 22.8 Å². The van der Waals surface area contributed by atoms with Crippen molar-refractivity contribution < 1.29 is 46.6 Å². The van der Waals surface area contributed by atoms with Crippen LogP contribution in [0.1, 0.15) is 68.6 Å². The predicted molar refractivity (Wildman–Crippen MR) is 152 cm³/mol. The number of furan rings is 2. The maximum absolute atomic E-state index is 17.6. The number of esters is 1. The van der Waals surface area contributed by atoms with E-state index in [1.807, 2.05) is 0 Å². The topological polar surface area (TPSA) is 124 Å². The lowest BCUT2D eigenvalue weighted by Gasteiger charge is -2.63. The van der Waals surface area contributed by atoms with Gasteiger partial charge in [0, 0.05) is 22.7 Å². The average molecular weight is 617 g/mol. The van der Waals surface area contributed by atoms with Crippen molar-refractivity contribution in [2.75, 3.05) is 0 Å². The molecule has 4 aliphatic rings. The maximum atomic E-state index is 17.6. The number of rotatable bonds is 4. The summed E-state index contributed by atoms with van der Waals surface area (Å²) in [5.74, 6) is -4.28. The zero-order valence-corrected chi connectivity index (χ0v) is 24.0. The van der Waals surface area contributed by atoms with E-state index in [0.717, 1.165) is 6.08 Å².